The minimum Gasteiger partial charge on any atom is -0.396 e. The Morgan fingerprint density at radius 3 is 2.67 bits per heavy atom. The molecular weight excluding hydrogens is 184 g/mol. The molecule has 0 spiro atoms. The van der Waals surface area contributed by atoms with Gasteiger partial charge >= 0.3 is 0 Å². The van der Waals surface area contributed by atoms with Gasteiger partial charge in [-0.15, -0.1) is 0 Å². The van der Waals surface area contributed by atoms with Crippen LogP contribution in [0, 0.1) is 17.3 Å². The summed E-state index contributed by atoms with van der Waals surface area (Å²) in [7, 11) is 0. The van der Waals surface area contributed by atoms with E-state index in [0.717, 1.165) is 12.8 Å². The van der Waals surface area contributed by atoms with E-state index >= 15 is 0 Å². The molecule has 1 aliphatic rings. The molecular formula is C14H24O. The van der Waals surface area contributed by atoms with Crippen molar-refractivity contribution in [3.63, 3.8) is 0 Å². The van der Waals surface area contributed by atoms with Crippen LogP contribution in [0.5, 0.6) is 0 Å². The van der Waals surface area contributed by atoms with E-state index in [1.165, 1.54) is 11.1 Å². The Kier molecular flexibility index (Phi) is 3.77. The minimum atomic E-state index is -0.00525. The molecule has 1 heteroatoms. The van der Waals surface area contributed by atoms with E-state index in [2.05, 4.69) is 40.3 Å². The molecule has 0 aromatic heterocycles. The molecule has 0 amide bonds. The first-order chi connectivity index (χ1) is 6.88. The predicted octanol–water partition coefficient (Wildman–Crippen LogP) is 3.55. The van der Waals surface area contributed by atoms with Crippen molar-refractivity contribution in [1.29, 1.82) is 0 Å². The van der Waals surface area contributed by atoms with Crippen molar-refractivity contribution in [2.45, 2.75) is 40.5 Å². The zero-order chi connectivity index (χ0) is 11.6. The maximum atomic E-state index is 9.44. The van der Waals surface area contributed by atoms with Crippen LogP contribution >= 0.6 is 0 Å². The van der Waals surface area contributed by atoms with E-state index in [-0.39, 0.29) is 12.0 Å². The molecule has 0 radical (unpaired) electrons. The summed E-state index contributed by atoms with van der Waals surface area (Å²) in [4.78, 5) is 0. The third kappa shape index (κ3) is 2.72. The quantitative estimate of drug-likeness (QED) is 0.703. The van der Waals surface area contributed by atoms with Crippen molar-refractivity contribution in [3.05, 3.63) is 23.8 Å². The van der Waals surface area contributed by atoms with Gasteiger partial charge in [-0.05, 0) is 43.9 Å². The van der Waals surface area contributed by atoms with Gasteiger partial charge in [-0.2, -0.15) is 0 Å². The highest BCUT2D eigenvalue weighted by Gasteiger charge is 2.34. The van der Waals surface area contributed by atoms with E-state index in [1.807, 2.05) is 0 Å². The number of rotatable bonds is 3. The Labute approximate surface area is 93.9 Å². The summed E-state index contributed by atoms with van der Waals surface area (Å²) < 4.78 is 0. The molecule has 0 heterocycles. The number of allylic oxidation sites excluding steroid dienone is 3. The minimum absolute atomic E-state index is 0.00525. The third-order valence-corrected chi connectivity index (χ3v) is 3.84. The summed E-state index contributed by atoms with van der Waals surface area (Å²) in [5, 5.41) is 9.44. The zero-order valence-corrected chi connectivity index (χ0v) is 10.5. The second kappa shape index (κ2) is 4.52. The van der Waals surface area contributed by atoms with Crippen LogP contribution in [0.1, 0.15) is 40.5 Å². The molecule has 15 heavy (non-hydrogen) atoms. The maximum absolute atomic E-state index is 9.44. The van der Waals surface area contributed by atoms with Crippen LogP contribution in [-0.2, 0) is 0 Å². The highest BCUT2D eigenvalue weighted by atomic mass is 16.3. The summed E-state index contributed by atoms with van der Waals surface area (Å²) in [5.41, 5.74) is 2.71. The van der Waals surface area contributed by atoms with Crippen LogP contribution in [0.25, 0.3) is 0 Å². The lowest BCUT2D eigenvalue weighted by molar-refractivity contribution is 0.0980. The van der Waals surface area contributed by atoms with Gasteiger partial charge in [-0.3, -0.25) is 0 Å². The molecule has 0 unspecified atom stereocenters. The van der Waals surface area contributed by atoms with Gasteiger partial charge in [0.25, 0.3) is 0 Å². The molecule has 0 fully saturated rings. The van der Waals surface area contributed by atoms with E-state index < -0.39 is 0 Å². The van der Waals surface area contributed by atoms with E-state index in [1.54, 1.807) is 0 Å². The molecule has 86 valence electrons. The molecule has 1 rings (SSSR count). The van der Waals surface area contributed by atoms with Crippen LogP contribution in [0.15, 0.2) is 23.8 Å². The highest BCUT2D eigenvalue weighted by molar-refractivity contribution is 5.16. The molecule has 0 aromatic rings. The number of aliphatic hydroxyl groups is 1. The van der Waals surface area contributed by atoms with Crippen LogP contribution in [-0.4, -0.2) is 11.7 Å². The summed E-state index contributed by atoms with van der Waals surface area (Å²) in [6, 6.07) is 0. The van der Waals surface area contributed by atoms with Gasteiger partial charge in [0.1, 0.15) is 0 Å². The summed E-state index contributed by atoms with van der Waals surface area (Å²) in [6.45, 7) is 12.9. The van der Waals surface area contributed by atoms with Crippen molar-refractivity contribution in [2.24, 2.45) is 17.3 Å². The molecule has 0 saturated carbocycles. The van der Waals surface area contributed by atoms with Crippen molar-refractivity contribution in [1.82, 2.24) is 0 Å². The number of aliphatic hydroxyl groups excluding tert-OH is 1. The Balaban J connectivity index is 2.85. The fraction of sp³-hybridized carbons (Fsp3) is 0.714. The van der Waals surface area contributed by atoms with Crippen molar-refractivity contribution in [3.8, 4) is 0 Å². The Morgan fingerprint density at radius 1 is 1.60 bits per heavy atom. The normalized spacial score (nSPS) is 27.4. The van der Waals surface area contributed by atoms with E-state index in [0.29, 0.717) is 11.8 Å². The van der Waals surface area contributed by atoms with Crippen LogP contribution < -0.4 is 0 Å². The highest BCUT2D eigenvalue weighted by Crippen LogP contribution is 2.42. The second-order valence-electron chi connectivity index (χ2n) is 5.66. The molecule has 1 N–H and O–H groups in total. The lowest BCUT2D eigenvalue weighted by Gasteiger charge is -2.39. The Hall–Kier alpha value is -0.560. The summed E-state index contributed by atoms with van der Waals surface area (Å²) in [5.74, 6) is 1.10. The number of hydrogen-bond acceptors (Lipinski definition) is 1. The van der Waals surface area contributed by atoms with Crippen LogP contribution in [0.4, 0.5) is 0 Å². The predicted molar refractivity (Wildman–Crippen MR) is 65.7 cm³/mol. The molecule has 0 bridgehead atoms. The standard InChI is InChI=1S/C14H24O/c1-10(2)12-7-6-11(3)13(8-12)14(4,5)9-15/h6,12-13,15H,1,7-9H2,2-5H3/t12-,13+/m1/s1. The maximum Gasteiger partial charge on any atom is 0.0487 e. The van der Waals surface area contributed by atoms with E-state index in [4.69, 9.17) is 0 Å². The number of hydrogen-bond donors (Lipinski definition) is 1. The molecule has 2 atom stereocenters. The summed E-state index contributed by atoms with van der Waals surface area (Å²) >= 11 is 0. The van der Waals surface area contributed by atoms with Crippen molar-refractivity contribution >= 4 is 0 Å². The average Bonchev–Trinajstić information content (AvgIpc) is 2.17. The smallest absolute Gasteiger partial charge is 0.0487 e. The van der Waals surface area contributed by atoms with Crippen LogP contribution in [0.3, 0.4) is 0 Å². The SMILES string of the molecule is C=C(C)[C@@H]1CC=C(C)[C@@H](C(C)(C)CO)C1. The van der Waals surface area contributed by atoms with Gasteiger partial charge in [-0.25, -0.2) is 0 Å². The first-order valence-electron chi connectivity index (χ1n) is 5.81. The zero-order valence-electron chi connectivity index (χ0n) is 10.5. The van der Waals surface area contributed by atoms with Crippen molar-refractivity contribution in [2.75, 3.05) is 6.61 Å². The lowest BCUT2D eigenvalue weighted by atomic mass is 9.67. The fourth-order valence-corrected chi connectivity index (χ4v) is 2.48. The van der Waals surface area contributed by atoms with E-state index in [9.17, 15) is 5.11 Å². The second-order valence-corrected chi connectivity index (χ2v) is 5.66. The largest absolute Gasteiger partial charge is 0.396 e. The first kappa shape index (κ1) is 12.5. The Morgan fingerprint density at radius 2 is 2.20 bits per heavy atom. The fourth-order valence-electron chi connectivity index (χ4n) is 2.48. The van der Waals surface area contributed by atoms with Gasteiger partial charge in [0, 0.05) is 6.61 Å². The molecule has 0 saturated heterocycles. The Bertz CT molecular complexity index is 273. The van der Waals surface area contributed by atoms with Gasteiger partial charge in [0.2, 0.25) is 0 Å². The van der Waals surface area contributed by atoms with Gasteiger partial charge < -0.3 is 5.11 Å². The molecule has 0 aliphatic heterocycles. The van der Waals surface area contributed by atoms with Crippen LogP contribution in [0.2, 0.25) is 0 Å². The molecule has 0 aromatic carbocycles. The first-order valence-corrected chi connectivity index (χ1v) is 5.81. The van der Waals surface area contributed by atoms with Gasteiger partial charge in [0.15, 0.2) is 0 Å². The third-order valence-electron chi connectivity index (χ3n) is 3.84. The summed E-state index contributed by atoms with van der Waals surface area (Å²) in [6.07, 6.45) is 4.59. The monoisotopic (exact) mass is 208 g/mol. The lowest BCUT2D eigenvalue weighted by Crippen LogP contribution is -2.32. The van der Waals surface area contributed by atoms with Crippen molar-refractivity contribution < 1.29 is 5.11 Å². The molecule has 1 aliphatic carbocycles. The van der Waals surface area contributed by atoms with Gasteiger partial charge in [-0.1, -0.05) is 37.6 Å². The average molecular weight is 208 g/mol. The topological polar surface area (TPSA) is 20.2 Å². The molecule has 1 nitrogen and oxygen atoms in total. The van der Waals surface area contributed by atoms with Gasteiger partial charge in [0.05, 0.1) is 0 Å².